The first-order chi connectivity index (χ1) is 10.3. The minimum atomic E-state index is -4.39. The van der Waals surface area contributed by atoms with E-state index in [0.29, 0.717) is 26.2 Å². The van der Waals surface area contributed by atoms with Crippen LogP contribution in [0.3, 0.4) is 0 Å². The zero-order valence-electron chi connectivity index (χ0n) is 11.9. The maximum Gasteiger partial charge on any atom is 0.405 e. The van der Waals surface area contributed by atoms with Gasteiger partial charge in [-0.3, -0.25) is 9.69 Å². The number of benzene rings is 1. The zero-order valence-corrected chi connectivity index (χ0v) is 11.9. The maximum absolute atomic E-state index is 12.9. The molecule has 1 N–H and O–H groups in total. The summed E-state index contributed by atoms with van der Waals surface area (Å²) in [4.78, 5) is 15.3. The summed E-state index contributed by atoms with van der Waals surface area (Å²) in [5.41, 5.74) is 0.891. The lowest BCUT2D eigenvalue weighted by Gasteiger charge is -2.35. The molecule has 4 nitrogen and oxygen atoms in total. The molecule has 1 aliphatic heterocycles. The van der Waals surface area contributed by atoms with Crippen LogP contribution in [0.5, 0.6) is 0 Å². The van der Waals surface area contributed by atoms with Crippen LogP contribution in [0.2, 0.25) is 0 Å². The Morgan fingerprint density at radius 3 is 2.23 bits per heavy atom. The first-order valence-corrected chi connectivity index (χ1v) is 6.90. The minimum absolute atomic E-state index is 0.0483. The summed E-state index contributed by atoms with van der Waals surface area (Å²) in [6.07, 6.45) is -4.39. The molecule has 0 unspecified atom stereocenters. The van der Waals surface area contributed by atoms with Crippen LogP contribution in [-0.2, 0) is 4.79 Å². The van der Waals surface area contributed by atoms with E-state index >= 15 is 0 Å². The quantitative estimate of drug-likeness (QED) is 0.857. The van der Waals surface area contributed by atoms with Gasteiger partial charge >= 0.3 is 6.18 Å². The van der Waals surface area contributed by atoms with Gasteiger partial charge in [-0.2, -0.15) is 13.2 Å². The number of rotatable bonds is 4. The van der Waals surface area contributed by atoms with Crippen LogP contribution in [0.4, 0.5) is 23.2 Å². The van der Waals surface area contributed by atoms with Crippen molar-refractivity contribution in [1.29, 1.82) is 0 Å². The monoisotopic (exact) mass is 319 g/mol. The maximum atomic E-state index is 12.9. The fraction of sp³-hybridized carbons (Fsp3) is 0.500. The Bertz CT molecular complexity index is 496. The van der Waals surface area contributed by atoms with Gasteiger partial charge in [0.15, 0.2) is 0 Å². The van der Waals surface area contributed by atoms with E-state index < -0.39 is 18.6 Å². The van der Waals surface area contributed by atoms with Crippen molar-refractivity contribution >= 4 is 11.6 Å². The van der Waals surface area contributed by atoms with Crippen molar-refractivity contribution in [3.8, 4) is 0 Å². The van der Waals surface area contributed by atoms with Gasteiger partial charge in [-0.25, -0.2) is 4.39 Å². The van der Waals surface area contributed by atoms with E-state index in [2.05, 4.69) is 0 Å². The zero-order chi connectivity index (χ0) is 16.2. The Labute approximate surface area is 125 Å². The molecular formula is C14H17F4N3O. The Hall–Kier alpha value is -1.83. The molecule has 1 aromatic carbocycles. The number of carbonyl (C=O) groups is 1. The summed E-state index contributed by atoms with van der Waals surface area (Å²) < 4.78 is 48.9. The van der Waals surface area contributed by atoms with Crippen molar-refractivity contribution in [3.63, 3.8) is 0 Å². The van der Waals surface area contributed by atoms with Gasteiger partial charge < -0.3 is 10.2 Å². The fourth-order valence-electron chi connectivity index (χ4n) is 2.27. The average Bonchev–Trinajstić information content (AvgIpc) is 2.46. The Kier molecular flexibility index (Phi) is 5.23. The lowest BCUT2D eigenvalue weighted by atomic mass is 10.2. The topological polar surface area (TPSA) is 35.6 Å². The highest BCUT2D eigenvalue weighted by atomic mass is 19.4. The molecule has 0 saturated carbocycles. The number of hydrogen-bond acceptors (Lipinski definition) is 3. The number of halogens is 4. The van der Waals surface area contributed by atoms with Crippen LogP contribution in [0.1, 0.15) is 0 Å². The highest BCUT2D eigenvalue weighted by Crippen LogP contribution is 2.17. The van der Waals surface area contributed by atoms with Gasteiger partial charge in [-0.15, -0.1) is 0 Å². The van der Waals surface area contributed by atoms with E-state index in [1.807, 2.05) is 10.2 Å². The van der Waals surface area contributed by atoms with Crippen molar-refractivity contribution in [3.05, 3.63) is 30.1 Å². The standard InChI is InChI=1S/C14H17F4N3O/c15-11-1-3-12(4-2-11)21-7-5-20(6-8-21)9-13(22)19-10-14(16,17)18/h1-4H,5-10H2,(H,19,22). The van der Waals surface area contributed by atoms with E-state index in [0.717, 1.165) is 5.69 Å². The summed E-state index contributed by atoms with van der Waals surface area (Å²) in [5.74, 6) is -0.934. The number of piperazine rings is 1. The molecule has 1 heterocycles. The van der Waals surface area contributed by atoms with E-state index in [1.165, 1.54) is 12.1 Å². The average molecular weight is 319 g/mol. The molecule has 0 atom stereocenters. The number of amides is 1. The summed E-state index contributed by atoms with van der Waals surface area (Å²) in [6.45, 7) is 1.05. The summed E-state index contributed by atoms with van der Waals surface area (Å²) >= 11 is 0. The molecule has 0 aromatic heterocycles. The van der Waals surface area contributed by atoms with Crippen molar-refractivity contribution < 1.29 is 22.4 Å². The molecule has 0 spiro atoms. The first kappa shape index (κ1) is 16.5. The molecule has 122 valence electrons. The molecule has 1 fully saturated rings. The largest absolute Gasteiger partial charge is 0.405 e. The lowest BCUT2D eigenvalue weighted by Crippen LogP contribution is -2.50. The smallest absolute Gasteiger partial charge is 0.369 e. The number of carbonyl (C=O) groups excluding carboxylic acids is 1. The SMILES string of the molecule is O=C(CN1CCN(c2ccc(F)cc2)CC1)NCC(F)(F)F. The predicted molar refractivity (Wildman–Crippen MR) is 74.1 cm³/mol. The number of alkyl halides is 3. The molecule has 1 aliphatic rings. The van der Waals surface area contributed by atoms with Crippen molar-refractivity contribution in [2.75, 3.05) is 44.2 Å². The van der Waals surface area contributed by atoms with Crippen LogP contribution in [0.25, 0.3) is 0 Å². The number of nitrogens with one attached hydrogen (secondary N) is 1. The molecule has 1 amide bonds. The molecule has 1 aromatic rings. The van der Waals surface area contributed by atoms with Gasteiger partial charge in [0.2, 0.25) is 5.91 Å². The molecule has 0 bridgehead atoms. The fourth-order valence-corrected chi connectivity index (χ4v) is 2.27. The van der Waals surface area contributed by atoms with Crippen LogP contribution < -0.4 is 10.2 Å². The van der Waals surface area contributed by atoms with E-state index in [4.69, 9.17) is 0 Å². The second-order valence-electron chi connectivity index (χ2n) is 5.13. The van der Waals surface area contributed by atoms with Gasteiger partial charge in [-0.05, 0) is 24.3 Å². The second kappa shape index (κ2) is 6.95. The van der Waals surface area contributed by atoms with Crippen LogP contribution >= 0.6 is 0 Å². The third kappa shape index (κ3) is 5.18. The lowest BCUT2D eigenvalue weighted by molar-refractivity contribution is -0.139. The highest BCUT2D eigenvalue weighted by Gasteiger charge is 2.28. The summed E-state index contributed by atoms with van der Waals surface area (Å²) in [6, 6.07) is 6.13. The molecule has 22 heavy (non-hydrogen) atoms. The number of hydrogen-bond donors (Lipinski definition) is 1. The van der Waals surface area contributed by atoms with Crippen molar-refractivity contribution in [1.82, 2.24) is 10.2 Å². The van der Waals surface area contributed by atoms with Crippen molar-refractivity contribution in [2.45, 2.75) is 6.18 Å². The molecule has 0 radical (unpaired) electrons. The predicted octanol–water partition coefficient (Wildman–Crippen LogP) is 1.63. The third-order valence-corrected chi connectivity index (χ3v) is 3.42. The Morgan fingerprint density at radius 2 is 1.68 bits per heavy atom. The van der Waals surface area contributed by atoms with Gasteiger partial charge in [0.1, 0.15) is 12.4 Å². The summed E-state index contributed by atoms with van der Waals surface area (Å²) in [7, 11) is 0. The van der Waals surface area contributed by atoms with Gasteiger partial charge in [0.05, 0.1) is 6.54 Å². The summed E-state index contributed by atoms with van der Waals surface area (Å²) in [5, 5.41) is 1.86. The molecule has 8 heteroatoms. The van der Waals surface area contributed by atoms with E-state index in [9.17, 15) is 22.4 Å². The number of nitrogens with zero attached hydrogens (tertiary/aromatic N) is 2. The molecule has 1 saturated heterocycles. The minimum Gasteiger partial charge on any atom is -0.369 e. The first-order valence-electron chi connectivity index (χ1n) is 6.90. The second-order valence-corrected chi connectivity index (χ2v) is 5.13. The van der Waals surface area contributed by atoms with Crippen LogP contribution in [0.15, 0.2) is 24.3 Å². The third-order valence-electron chi connectivity index (χ3n) is 3.42. The molecule has 0 aliphatic carbocycles. The van der Waals surface area contributed by atoms with Crippen LogP contribution in [-0.4, -0.2) is 56.3 Å². The van der Waals surface area contributed by atoms with Crippen molar-refractivity contribution in [2.24, 2.45) is 0 Å². The van der Waals surface area contributed by atoms with Gasteiger partial charge in [-0.1, -0.05) is 0 Å². The van der Waals surface area contributed by atoms with E-state index in [1.54, 1.807) is 17.0 Å². The Balaban J connectivity index is 1.75. The molecule has 2 rings (SSSR count). The van der Waals surface area contributed by atoms with Gasteiger partial charge in [0.25, 0.3) is 0 Å². The Morgan fingerprint density at radius 1 is 1.09 bits per heavy atom. The normalized spacial score (nSPS) is 16.6. The highest BCUT2D eigenvalue weighted by molar-refractivity contribution is 5.78. The molecular weight excluding hydrogens is 302 g/mol. The van der Waals surface area contributed by atoms with Crippen LogP contribution in [0, 0.1) is 5.82 Å². The number of anilines is 1. The van der Waals surface area contributed by atoms with E-state index in [-0.39, 0.29) is 12.4 Å². The van der Waals surface area contributed by atoms with Gasteiger partial charge in [0, 0.05) is 31.9 Å².